The van der Waals surface area contributed by atoms with Crippen LogP contribution in [0.15, 0.2) is 23.1 Å². The van der Waals surface area contributed by atoms with Gasteiger partial charge in [-0.2, -0.15) is 11.8 Å². The number of carbonyl (C=O) groups is 1. The van der Waals surface area contributed by atoms with Crippen LogP contribution in [0.2, 0.25) is 5.02 Å². The molecule has 92 valence electrons. The van der Waals surface area contributed by atoms with E-state index in [1.807, 2.05) is 11.8 Å². The predicted molar refractivity (Wildman–Crippen MR) is 76.5 cm³/mol. The minimum absolute atomic E-state index is 0.0946. The average Bonchev–Trinajstić information content (AvgIpc) is 2.33. The molecule has 5 heteroatoms. The Kier molecular flexibility index (Phi) is 4.65. The lowest BCUT2D eigenvalue weighted by atomic mass is 10.1. The highest BCUT2D eigenvalue weighted by atomic mass is 35.5. The maximum Gasteiger partial charge on any atom is 0.253 e. The van der Waals surface area contributed by atoms with Crippen LogP contribution in [0.25, 0.3) is 0 Å². The molecule has 17 heavy (non-hydrogen) atoms. The highest BCUT2D eigenvalue weighted by Crippen LogP contribution is 2.21. The van der Waals surface area contributed by atoms with Crippen molar-refractivity contribution in [3.63, 3.8) is 0 Å². The van der Waals surface area contributed by atoms with E-state index < -0.39 is 0 Å². The summed E-state index contributed by atoms with van der Waals surface area (Å²) in [5.41, 5.74) is 0.511. The normalized spacial score (nSPS) is 16.8. The summed E-state index contributed by atoms with van der Waals surface area (Å²) in [6, 6.07) is 5.47. The van der Waals surface area contributed by atoms with Crippen LogP contribution >= 0.6 is 36.0 Å². The number of halogens is 1. The van der Waals surface area contributed by atoms with Crippen molar-refractivity contribution in [1.82, 2.24) is 5.32 Å². The van der Waals surface area contributed by atoms with Gasteiger partial charge in [-0.15, -0.1) is 12.6 Å². The summed E-state index contributed by atoms with van der Waals surface area (Å²) < 4.78 is 0. The Morgan fingerprint density at radius 2 is 2.12 bits per heavy atom. The number of hydrogen-bond acceptors (Lipinski definition) is 3. The summed E-state index contributed by atoms with van der Waals surface area (Å²) >= 11 is 12.2. The van der Waals surface area contributed by atoms with E-state index in [1.54, 1.807) is 18.2 Å². The standard InChI is InChI=1S/C12H14ClNOS2/c13-11-2-1-9(16)7-10(11)12(15)14-8-3-5-17-6-4-8/h1-2,7-8,16H,3-6H2,(H,14,15). The number of rotatable bonds is 2. The van der Waals surface area contributed by atoms with E-state index in [9.17, 15) is 4.79 Å². The van der Waals surface area contributed by atoms with Gasteiger partial charge in [0.2, 0.25) is 0 Å². The summed E-state index contributed by atoms with van der Waals surface area (Å²) in [7, 11) is 0. The van der Waals surface area contributed by atoms with Crippen LogP contribution in [-0.2, 0) is 0 Å². The van der Waals surface area contributed by atoms with Gasteiger partial charge in [-0.05, 0) is 42.5 Å². The molecule has 1 saturated heterocycles. The molecule has 2 nitrogen and oxygen atoms in total. The third-order valence-corrected chi connectivity index (χ3v) is 4.41. The van der Waals surface area contributed by atoms with Crippen molar-refractivity contribution in [2.75, 3.05) is 11.5 Å². The van der Waals surface area contributed by atoms with Crippen LogP contribution in [0.5, 0.6) is 0 Å². The molecule has 0 atom stereocenters. The van der Waals surface area contributed by atoms with E-state index in [-0.39, 0.29) is 11.9 Å². The molecule has 0 spiro atoms. The molecule has 1 aliphatic rings. The van der Waals surface area contributed by atoms with E-state index in [2.05, 4.69) is 17.9 Å². The van der Waals surface area contributed by atoms with Gasteiger partial charge in [-0.25, -0.2) is 0 Å². The first-order chi connectivity index (χ1) is 8.16. The minimum Gasteiger partial charge on any atom is -0.349 e. The molecule has 0 radical (unpaired) electrons. The second-order valence-corrected chi connectivity index (χ2v) is 6.17. The zero-order valence-corrected chi connectivity index (χ0v) is 11.7. The molecule has 1 fully saturated rings. The van der Waals surface area contributed by atoms with Crippen molar-refractivity contribution in [2.24, 2.45) is 0 Å². The van der Waals surface area contributed by atoms with Crippen molar-refractivity contribution in [1.29, 1.82) is 0 Å². The van der Waals surface area contributed by atoms with Gasteiger partial charge in [0.15, 0.2) is 0 Å². The summed E-state index contributed by atoms with van der Waals surface area (Å²) in [4.78, 5) is 12.8. The molecular formula is C12H14ClNOS2. The number of carbonyl (C=O) groups excluding carboxylic acids is 1. The predicted octanol–water partition coefficient (Wildman–Crippen LogP) is 3.25. The fourth-order valence-corrected chi connectivity index (χ4v) is 3.31. The second kappa shape index (κ2) is 6.03. The first-order valence-corrected chi connectivity index (χ1v) is 7.52. The minimum atomic E-state index is -0.0946. The average molecular weight is 288 g/mol. The van der Waals surface area contributed by atoms with Crippen LogP contribution in [0.3, 0.4) is 0 Å². The molecule has 0 saturated carbocycles. The SMILES string of the molecule is O=C(NC1CCSCC1)c1cc(S)ccc1Cl. The van der Waals surface area contributed by atoms with Gasteiger partial charge in [0.05, 0.1) is 10.6 Å². The van der Waals surface area contributed by atoms with Crippen LogP contribution in [0, 0.1) is 0 Å². The molecule has 1 N–H and O–H groups in total. The molecule has 1 heterocycles. The zero-order chi connectivity index (χ0) is 12.3. The second-order valence-electron chi connectivity index (χ2n) is 4.02. The lowest BCUT2D eigenvalue weighted by Crippen LogP contribution is -2.37. The molecule has 0 aliphatic carbocycles. The van der Waals surface area contributed by atoms with Gasteiger partial charge < -0.3 is 5.32 Å². The van der Waals surface area contributed by atoms with Crippen molar-refractivity contribution >= 4 is 41.9 Å². The Labute approximate surface area is 116 Å². The highest BCUT2D eigenvalue weighted by Gasteiger charge is 2.18. The fraction of sp³-hybridized carbons (Fsp3) is 0.417. The van der Waals surface area contributed by atoms with E-state index in [0.717, 1.165) is 29.2 Å². The Hall–Kier alpha value is -0.320. The van der Waals surface area contributed by atoms with Gasteiger partial charge in [-0.1, -0.05) is 11.6 Å². The lowest BCUT2D eigenvalue weighted by molar-refractivity contribution is 0.0935. The van der Waals surface area contributed by atoms with E-state index in [1.165, 1.54) is 0 Å². The lowest BCUT2D eigenvalue weighted by Gasteiger charge is -2.22. The monoisotopic (exact) mass is 287 g/mol. The third-order valence-electron chi connectivity index (χ3n) is 2.75. The Bertz CT molecular complexity index is 419. The largest absolute Gasteiger partial charge is 0.349 e. The van der Waals surface area contributed by atoms with Crippen molar-refractivity contribution < 1.29 is 4.79 Å². The van der Waals surface area contributed by atoms with Gasteiger partial charge in [0, 0.05) is 10.9 Å². The van der Waals surface area contributed by atoms with Crippen molar-refractivity contribution in [3.8, 4) is 0 Å². The third kappa shape index (κ3) is 3.57. The molecule has 1 aromatic rings. The Balaban J connectivity index is 2.05. The Morgan fingerprint density at radius 3 is 2.82 bits per heavy atom. The number of thiol groups is 1. The molecular weight excluding hydrogens is 274 g/mol. The van der Waals surface area contributed by atoms with E-state index in [4.69, 9.17) is 11.6 Å². The van der Waals surface area contributed by atoms with E-state index in [0.29, 0.717) is 10.6 Å². The maximum atomic E-state index is 12.0. The number of hydrogen-bond donors (Lipinski definition) is 2. The smallest absolute Gasteiger partial charge is 0.253 e. The van der Waals surface area contributed by atoms with Gasteiger partial charge in [0.1, 0.15) is 0 Å². The molecule has 0 aromatic heterocycles. The summed E-state index contributed by atoms with van der Waals surface area (Å²) in [5.74, 6) is 2.14. The van der Waals surface area contributed by atoms with Crippen LogP contribution < -0.4 is 5.32 Å². The number of nitrogens with one attached hydrogen (secondary N) is 1. The van der Waals surface area contributed by atoms with Gasteiger partial charge in [-0.3, -0.25) is 4.79 Å². The first kappa shape index (κ1) is 13.1. The summed E-state index contributed by atoms with van der Waals surface area (Å²) in [6.07, 6.45) is 2.07. The van der Waals surface area contributed by atoms with E-state index >= 15 is 0 Å². The zero-order valence-electron chi connectivity index (χ0n) is 9.28. The fourth-order valence-electron chi connectivity index (χ4n) is 1.79. The highest BCUT2D eigenvalue weighted by molar-refractivity contribution is 7.99. The first-order valence-electron chi connectivity index (χ1n) is 5.54. The molecule has 0 bridgehead atoms. The number of thioether (sulfide) groups is 1. The number of amides is 1. The van der Waals surface area contributed by atoms with Crippen LogP contribution in [0.4, 0.5) is 0 Å². The molecule has 2 rings (SSSR count). The molecule has 1 aliphatic heterocycles. The number of benzene rings is 1. The van der Waals surface area contributed by atoms with Crippen molar-refractivity contribution in [2.45, 2.75) is 23.8 Å². The molecule has 0 unspecified atom stereocenters. The van der Waals surface area contributed by atoms with Crippen LogP contribution in [0.1, 0.15) is 23.2 Å². The molecule has 1 amide bonds. The maximum absolute atomic E-state index is 12.0. The topological polar surface area (TPSA) is 29.1 Å². The van der Waals surface area contributed by atoms with Gasteiger partial charge in [0.25, 0.3) is 5.91 Å². The van der Waals surface area contributed by atoms with Crippen molar-refractivity contribution in [3.05, 3.63) is 28.8 Å². The summed E-state index contributed by atoms with van der Waals surface area (Å²) in [6.45, 7) is 0. The summed E-state index contributed by atoms with van der Waals surface area (Å²) in [5, 5.41) is 3.51. The quantitative estimate of drug-likeness (QED) is 0.818. The van der Waals surface area contributed by atoms with Gasteiger partial charge >= 0.3 is 0 Å². The van der Waals surface area contributed by atoms with Crippen LogP contribution in [-0.4, -0.2) is 23.5 Å². The molecule has 1 aromatic carbocycles. The Morgan fingerprint density at radius 1 is 1.41 bits per heavy atom.